The van der Waals surface area contributed by atoms with Gasteiger partial charge in [0.05, 0.1) is 30.2 Å². The Hall–Kier alpha value is -3.26. The van der Waals surface area contributed by atoms with E-state index in [1.807, 2.05) is 36.4 Å². The molecule has 4 aromatic rings. The molecule has 2 aromatic carbocycles. The number of nitrogens with zero attached hydrogens (tertiary/aromatic N) is 1. The Morgan fingerprint density at radius 1 is 1.06 bits per heavy atom. The number of nitrogens with one attached hydrogen (secondary N) is 1. The highest BCUT2D eigenvalue weighted by Gasteiger charge is 2.25. The number of morpholine rings is 1. The summed E-state index contributed by atoms with van der Waals surface area (Å²) in [7, 11) is 0. The van der Waals surface area contributed by atoms with Gasteiger partial charge in [0.25, 0.3) is 5.91 Å². The number of amides is 1. The number of carbonyl (C=O) groups excluding carboxylic acids is 1. The fraction of sp³-hybridized carbons (Fsp3) is 0.259. The van der Waals surface area contributed by atoms with E-state index in [0.29, 0.717) is 47.6 Å². The molecule has 1 amide bonds. The van der Waals surface area contributed by atoms with Gasteiger partial charge in [-0.25, -0.2) is 0 Å². The first-order valence-electron chi connectivity index (χ1n) is 11.4. The lowest BCUT2D eigenvalue weighted by Crippen LogP contribution is -2.43. The van der Waals surface area contributed by atoms with Crippen molar-refractivity contribution in [3.05, 3.63) is 92.3 Å². The highest BCUT2D eigenvalue weighted by Crippen LogP contribution is 2.28. The molecule has 0 bridgehead atoms. The van der Waals surface area contributed by atoms with Crippen molar-refractivity contribution >= 4 is 28.2 Å². The van der Waals surface area contributed by atoms with Crippen LogP contribution in [-0.4, -0.2) is 43.7 Å². The molecule has 5 rings (SSSR count). The standard InChI is InChI=1S/C27H26N2O4S/c1-18-24(30)20-9-5-10-21(26(20)33-25(18)19-7-3-2-4-8-19)27(31)28-17-22(23-11-6-16-34-23)29-12-14-32-15-13-29/h2-11,16,22H,12-15,17H2,1H3,(H,28,31). The highest BCUT2D eigenvalue weighted by molar-refractivity contribution is 7.10. The minimum Gasteiger partial charge on any atom is -0.455 e. The van der Waals surface area contributed by atoms with Crippen molar-refractivity contribution in [2.75, 3.05) is 32.8 Å². The number of fused-ring (bicyclic) bond motifs is 1. The molecule has 0 aliphatic carbocycles. The molecule has 1 saturated heterocycles. The lowest BCUT2D eigenvalue weighted by atomic mass is 10.0. The SMILES string of the molecule is Cc1c(-c2ccccc2)oc2c(C(=O)NCC(c3cccs3)N3CCOCC3)cccc2c1=O. The lowest BCUT2D eigenvalue weighted by Gasteiger charge is -2.34. The third-order valence-corrected chi connectivity index (χ3v) is 7.21. The maximum absolute atomic E-state index is 13.3. The van der Waals surface area contributed by atoms with Crippen LogP contribution in [0.25, 0.3) is 22.3 Å². The second-order valence-electron chi connectivity index (χ2n) is 8.32. The number of carbonyl (C=O) groups is 1. The Labute approximate surface area is 201 Å². The average molecular weight is 475 g/mol. The first kappa shape index (κ1) is 22.5. The Morgan fingerprint density at radius 2 is 1.85 bits per heavy atom. The molecular formula is C27H26N2O4S. The van der Waals surface area contributed by atoms with Gasteiger partial charge >= 0.3 is 0 Å². The summed E-state index contributed by atoms with van der Waals surface area (Å²) < 4.78 is 11.7. The van der Waals surface area contributed by atoms with Crippen molar-refractivity contribution in [3.63, 3.8) is 0 Å². The van der Waals surface area contributed by atoms with Crippen LogP contribution in [0.1, 0.15) is 26.8 Å². The second kappa shape index (κ2) is 9.93. The summed E-state index contributed by atoms with van der Waals surface area (Å²) in [4.78, 5) is 30.0. The van der Waals surface area contributed by atoms with E-state index in [1.165, 1.54) is 4.88 Å². The fourth-order valence-corrected chi connectivity index (χ4v) is 5.28. The number of benzene rings is 2. The molecule has 0 saturated carbocycles. The normalized spacial score (nSPS) is 15.3. The van der Waals surface area contributed by atoms with Crippen molar-refractivity contribution in [3.8, 4) is 11.3 Å². The van der Waals surface area contributed by atoms with Gasteiger partial charge in [0.2, 0.25) is 0 Å². The molecule has 3 heterocycles. The Morgan fingerprint density at radius 3 is 2.59 bits per heavy atom. The molecule has 1 atom stereocenters. The molecule has 2 aromatic heterocycles. The molecule has 6 nitrogen and oxygen atoms in total. The predicted molar refractivity (Wildman–Crippen MR) is 134 cm³/mol. The highest BCUT2D eigenvalue weighted by atomic mass is 32.1. The molecule has 7 heteroatoms. The van der Waals surface area contributed by atoms with E-state index in [-0.39, 0.29) is 17.4 Å². The monoisotopic (exact) mass is 474 g/mol. The molecule has 1 fully saturated rings. The average Bonchev–Trinajstić information content (AvgIpc) is 3.42. The van der Waals surface area contributed by atoms with Gasteiger partial charge in [0, 0.05) is 35.6 Å². The molecule has 34 heavy (non-hydrogen) atoms. The van der Waals surface area contributed by atoms with Crippen LogP contribution in [0.2, 0.25) is 0 Å². The summed E-state index contributed by atoms with van der Waals surface area (Å²) in [6.07, 6.45) is 0. The van der Waals surface area contributed by atoms with Crippen LogP contribution in [0.5, 0.6) is 0 Å². The maximum atomic E-state index is 13.3. The molecule has 174 valence electrons. The largest absolute Gasteiger partial charge is 0.455 e. The Bertz CT molecular complexity index is 1340. The number of para-hydroxylation sites is 1. The third-order valence-electron chi connectivity index (χ3n) is 6.24. The molecule has 0 radical (unpaired) electrons. The smallest absolute Gasteiger partial charge is 0.255 e. The van der Waals surface area contributed by atoms with E-state index in [0.717, 1.165) is 18.7 Å². The fourth-order valence-electron chi connectivity index (χ4n) is 4.42. The minimum atomic E-state index is -0.258. The van der Waals surface area contributed by atoms with Gasteiger partial charge in [-0.15, -0.1) is 11.3 Å². The summed E-state index contributed by atoms with van der Waals surface area (Å²) in [5.41, 5.74) is 1.88. The lowest BCUT2D eigenvalue weighted by molar-refractivity contribution is 0.0169. The van der Waals surface area contributed by atoms with Gasteiger partial charge in [-0.2, -0.15) is 0 Å². The van der Waals surface area contributed by atoms with E-state index >= 15 is 0 Å². The molecular weight excluding hydrogens is 448 g/mol. The van der Waals surface area contributed by atoms with Gasteiger partial charge in [-0.3, -0.25) is 14.5 Å². The van der Waals surface area contributed by atoms with Crippen LogP contribution in [-0.2, 0) is 4.74 Å². The zero-order chi connectivity index (χ0) is 23.5. The van der Waals surface area contributed by atoms with Crippen LogP contribution in [0, 0.1) is 6.92 Å². The third kappa shape index (κ3) is 4.42. The van der Waals surface area contributed by atoms with Crippen molar-refractivity contribution in [1.29, 1.82) is 0 Å². The summed E-state index contributed by atoms with van der Waals surface area (Å²) in [6.45, 7) is 5.23. The van der Waals surface area contributed by atoms with E-state index in [2.05, 4.69) is 21.7 Å². The van der Waals surface area contributed by atoms with Crippen LogP contribution in [0.15, 0.2) is 75.3 Å². The van der Waals surface area contributed by atoms with E-state index in [4.69, 9.17) is 9.15 Å². The first-order chi connectivity index (χ1) is 16.6. The van der Waals surface area contributed by atoms with Crippen molar-refractivity contribution in [2.24, 2.45) is 0 Å². The summed E-state index contributed by atoms with van der Waals surface area (Å²) in [5.74, 6) is 0.231. The number of thiophene rings is 1. The number of hydrogen-bond acceptors (Lipinski definition) is 6. The molecule has 1 N–H and O–H groups in total. The zero-order valence-corrected chi connectivity index (χ0v) is 19.8. The molecule has 1 aliphatic heterocycles. The van der Waals surface area contributed by atoms with E-state index < -0.39 is 0 Å². The molecule has 1 unspecified atom stereocenters. The van der Waals surface area contributed by atoms with Crippen molar-refractivity contribution < 1.29 is 13.9 Å². The van der Waals surface area contributed by atoms with Crippen LogP contribution < -0.4 is 10.7 Å². The Balaban J connectivity index is 1.47. The summed E-state index contributed by atoms with van der Waals surface area (Å²) >= 11 is 1.68. The first-order valence-corrected chi connectivity index (χ1v) is 12.3. The zero-order valence-electron chi connectivity index (χ0n) is 19.0. The number of hydrogen-bond donors (Lipinski definition) is 1. The van der Waals surface area contributed by atoms with Gasteiger partial charge in [-0.05, 0) is 30.5 Å². The molecule has 1 aliphatic rings. The van der Waals surface area contributed by atoms with Crippen molar-refractivity contribution in [1.82, 2.24) is 10.2 Å². The van der Waals surface area contributed by atoms with Gasteiger partial charge in [0.15, 0.2) is 11.0 Å². The minimum absolute atomic E-state index is 0.0666. The van der Waals surface area contributed by atoms with Gasteiger partial charge in [0.1, 0.15) is 5.76 Å². The second-order valence-corrected chi connectivity index (χ2v) is 9.30. The van der Waals surface area contributed by atoms with E-state index in [1.54, 1.807) is 36.5 Å². The van der Waals surface area contributed by atoms with Gasteiger partial charge in [-0.1, -0.05) is 42.5 Å². The van der Waals surface area contributed by atoms with Crippen LogP contribution >= 0.6 is 11.3 Å². The topological polar surface area (TPSA) is 71.8 Å². The predicted octanol–water partition coefficient (Wildman–Crippen LogP) is 4.63. The maximum Gasteiger partial charge on any atom is 0.255 e. The summed E-state index contributed by atoms with van der Waals surface area (Å²) in [6, 6.07) is 18.8. The van der Waals surface area contributed by atoms with Crippen LogP contribution in [0.4, 0.5) is 0 Å². The number of rotatable bonds is 6. The van der Waals surface area contributed by atoms with Crippen LogP contribution in [0.3, 0.4) is 0 Å². The number of ether oxygens (including phenoxy) is 1. The van der Waals surface area contributed by atoms with Gasteiger partial charge < -0.3 is 14.5 Å². The molecule has 0 spiro atoms. The summed E-state index contributed by atoms with van der Waals surface area (Å²) in [5, 5.41) is 5.56. The Kier molecular flexibility index (Phi) is 6.58. The van der Waals surface area contributed by atoms with E-state index in [9.17, 15) is 9.59 Å². The van der Waals surface area contributed by atoms with Crippen molar-refractivity contribution in [2.45, 2.75) is 13.0 Å². The quantitative estimate of drug-likeness (QED) is 0.441.